The predicted molar refractivity (Wildman–Crippen MR) is 123 cm³/mol. The standard InChI is InChI=1S/C21H15Cl3N2O3S/c22-17-5-1-14(2-6-17)13-30-21-8-3-15(9-20(21)26(27)28)11-25-29-12-16-4-7-18(23)10-19(16)24/h1-11H,12-13H2. The molecule has 0 saturated heterocycles. The van der Waals surface area contributed by atoms with Crippen LogP contribution in [-0.2, 0) is 17.2 Å². The Balaban J connectivity index is 1.64. The number of thioether (sulfide) groups is 1. The Bertz CT molecular complexity index is 1080. The zero-order chi connectivity index (χ0) is 21.5. The van der Waals surface area contributed by atoms with Crippen molar-refractivity contribution in [3.8, 4) is 0 Å². The second kappa shape index (κ2) is 10.7. The Labute approximate surface area is 192 Å². The molecule has 3 rings (SSSR count). The minimum Gasteiger partial charge on any atom is -0.391 e. The number of nitro benzene ring substituents is 1. The van der Waals surface area contributed by atoms with Gasteiger partial charge in [0.15, 0.2) is 0 Å². The first-order valence-corrected chi connectivity index (χ1v) is 10.8. The number of benzene rings is 3. The summed E-state index contributed by atoms with van der Waals surface area (Å²) in [5, 5.41) is 17.0. The van der Waals surface area contributed by atoms with E-state index in [0.717, 1.165) is 11.1 Å². The van der Waals surface area contributed by atoms with Crippen LogP contribution in [0, 0.1) is 10.1 Å². The Morgan fingerprint density at radius 3 is 2.43 bits per heavy atom. The number of halogens is 3. The second-order valence-electron chi connectivity index (χ2n) is 6.14. The maximum Gasteiger partial charge on any atom is 0.283 e. The number of oxime groups is 1. The van der Waals surface area contributed by atoms with Gasteiger partial charge in [0.25, 0.3) is 5.69 Å². The van der Waals surface area contributed by atoms with Crippen LogP contribution < -0.4 is 0 Å². The van der Waals surface area contributed by atoms with E-state index in [9.17, 15) is 10.1 Å². The summed E-state index contributed by atoms with van der Waals surface area (Å²) in [6.45, 7) is 0.156. The van der Waals surface area contributed by atoms with Gasteiger partial charge in [-0.15, -0.1) is 11.8 Å². The molecule has 0 unspecified atom stereocenters. The quantitative estimate of drug-likeness (QED) is 0.145. The lowest BCUT2D eigenvalue weighted by molar-refractivity contribution is -0.387. The summed E-state index contributed by atoms with van der Waals surface area (Å²) in [4.78, 5) is 16.9. The molecule has 0 spiro atoms. The van der Waals surface area contributed by atoms with Crippen LogP contribution >= 0.6 is 46.6 Å². The van der Waals surface area contributed by atoms with Crippen LogP contribution in [0.15, 0.2) is 70.7 Å². The number of hydrogen-bond acceptors (Lipinski definition) is 5. The molecule has 0 aliphatic heterocycles. The van der Waals surface area contributed by atoms with E-state index in [1.807, 2.05) is 12.1 Å². The fourth-order valence-electron chi connectivity index (χ4n) is 2.46. The average molecular weight is 482 g/mol. The fourth-order valence-corrected chi connectivity index (χ4v) is 4.01. The predicted octanol–water partition coefficient (Wildman–Crippen LogP) is 7.40. The van der Waals surface area contributed by atoms with E-state index in [-0.39, 0.29) is 12.3 Å². The molecule has 0 radical (unpaired) electrons. The lowest BCUT2D eigenvalue weighted by atomic mass is 10.2. The summed E-state index contributed by atoms with van der Waals surface area (Å²) in [6.07, 6.45) is 1.42. The van der Waals surface area contributed by atoms with Gasteiger partial charge in [0.2, 0.25) is 0 Å². The van der Waals surface area contributed by atoms with Crippen LogP contribution in [0.25, 0.3) is 0 Å². The van der Waals surface area contributed by atoms with Crippen molar-refractivity contribution in [2.45, 2.75) is 17.3 Å². The maximum absolute atomic E-state index is 11.5. The third-order valence-corrected chi connectivity index (χ3v) is 5.97. The largest absolute Gasteiger partial charge is 0.391 e. The molecule has 5 nitrogen and oxygen atoms in total. The summed E-state index contributed by atoms with van der Waals surface area (Å²) in [5.74, 6) is 0.594. The molecule has 3 aromatic rings. The number of hydrogen-bond donors (Lipinski definition) is 0. The lowest BCUT2D eigenvalue weighted by Crippen LogP contribution is -1.94. The molecular weight excluding hydrogens is 467 g/mol. The summed E-state index contributed by atoms with van der Waals surface area (Å²) in [6, 6.07) is 17.4. The third kappa shape index (κ3) is 6.37. The van der Waals surface area contributed by atoms with Gasteiger partial charge in [-0.1, -0.05) is 64.2 Å². The van der Waals surface area contributed by atoms with Gasteiger partial charge < -0.3 is 4.84 Å². The van der Waals surface area contributed by atoms with Crippen LogP contribution in [0.2, 0.25) is 15.1 Å². The molecule has 0 aromatic heterocycles. The van der Waals surface area contributed by atoms with Crippen LogP contribution in [-0.4, -0.2) is 11.1 Å². The van der Waals surface area contributed by atoms with E-state index >= 15 is 0 Å². The summed E-state index contributed by atoms with van der Waals surface area (Å²) < 4.78 is 0. The van der Waals surface area contributed by atoms with E-state index < -0.39 is 4.92 Å². The van der Waals surface area contributed by atoms with Gasteiger partial charge >= 0.3 is 0 Å². The molecule has 0 fully saturated rings. The minimum absolute atomic E-state index is 0.0126. The van der Waals surface area contributed by atoms with E-state index in [4.69, 9.17) is 39.6 Å². The van der Waals surface area contributed by atoms with Crippen LogP contribution in [0.1, 0.15) is 16.7 Å². The van der Waals surface area contributed by atoms with Crippen LogP contribution in [0.3, 0.4) is 0 Å². The minimum atomic E-state index is -0.407. The molecule has 3 aromatic carbocycles. The molecule has 0 aliphatic carbocycles. The van der Waals surface area contributed by atoms with Gasteiger partial charge in [-0.25, -0.2) is 0 Å². The van der Waals surface area contributed by atoms with Crippen molar-refractivity contribution in [1.29, 1.82) is 0 Å². The van der Waals surface area contributed by atoms with Gasteiger partial charge in [-0.3, -0.25) is 10.1 Å². The first-order chi connectivity index (χ1) is 14.4. The highest BCUT2D eigenvalue weighted by molar-refractivity contribution is 7.98. The normalized spacial score (nSPS) is 11.0. The van der Waals surface area contributed by atoms with Crippen molar-refractivity contribution < 1.29 is 9.76 Å². The average Bonchev–Trinajstić information content (AvgIpc) is 2.72. The summed E-state index contributed by atoms with van der Waals surface area (Å²) in [5.41, 5.74) is 2.33. The number of nitrogens with zero attached hydrogens (tertiary/aromatic N) is 2. The van der Waals surface area contributed by atoms with Crippen LogP contribution in [0.4, 0.5) is 5.69 Å². The highest BCUT2D eigenvalue weighted by Crippen LogP contribution is 2.32. The number of rotatable bonds is 8. The molecular formula is C21H15Cl3N2O3S. The Hall–Kier alpha value is -2.25. The van der Waals surface area contributed by atoms with E-state index in [0.29, 0.717) is 31.3 Å². The molecule has 0 N–H and O–H groups in total. The Morgan fingerprint density at radius 1 is 1.00 bits per heavy atom. The fraction of sp³-hybridized carbons (Fsp3) is 0.0952. The molecule has 0 atom stereocenters. The van der Waals surface area contributed by atoms with Crippen molar-refractivity contribution in [1.82, 2.24) is 0 Å². The van der Waals surface area contributed by atoms with E-state index in [2.05, 4.69) is 5.16 Å². The van der Waals surface area contributed by atoms with Crippen molar-refractivity contribution in [2.24, 2.45) is 5.16 Å². The Kier molecular flexibility index (Phi) is 7.99. The zero-order valence-corrected chi connectivity index (χ0v) is 18.5. The van der Waals surface area contributed by atoms with Gasteiger partial charge in [-0.05, 0) is 35.9 Å². The molecule has 0 aliphatic rings. The molecule has 9 heteroatoms. The molecule has 0 heterocycles. The first kappa shape index (κ1) is 22.4. The summed E-state index contributed by atoms with van der Waals surface area (Å²) >= 11 is 19.2. The van der Waals surface area contributed by atoms with Gasteiger partial charge in [0.05, 0.1) is 16.0 Å². The zero-order valence-electron chi connectivity index (χ0n) is 15.4. The number of nitro groups is 1. The molecule has 0 amide bonds. The lowest BCUT2D eigenvalue weighted by Gasteiger charge is -2.05. The van der Waals surface area contributed by atoms with Crippen molar-refractivity contribution >= 4 is 58.5 Å². The molecule has 30 heavy (non-hydrogen) atoms. The van der Waals surface area contributed by atoms with Crippen molar-refractivity contribution in [2.75, 3.05) is 0 Å². The highest BCUT2D eigenvalue weighted by atomic mass is 35.5. The van der Waals surface area contributed by atoms with Gasteiger partial charge in [0, 0.05) is 38.0 Å². The second-order valence-corrected chi connectivity index (χ2v) is 8.44. The van der Waals surface area contributed by atoms with Crippen molar-refractivity contribution in [3.05, 3.63) is 103 Å². The summed E-state index contributed by atoms with van der Waals surface area (Å²) in [7, 11) is 0. The van der Waals surface area contributed by atoms with Gasteiger partial charge in [-0.2, -0.15) is 0 Å². The molecule has 154 valence electrons. The smallest absolute Gasteiger partial charge is 0.283 e. The maximum atomic E-state index is 11.5. The van der Waals surface area contributed by atoms with E-state index in [1.54, 1.807) is 42.5 Å². The third-order valence-electron chi connectivity index (χ3n) is 4.00. The van der Waals surface area contributed by atoms with Crippen LogP contribution in [0.5, 0.6) is 0 Å². The highest BCUT2D eigenvalue weighted by Gasteiger charge is 2.15. The first-order valence-electron chi connectivity index (χ1n) is 8.67. The molecule has 0 saturated carbocycles. The van der Waals surface area contributed by atoms with Crippen molar-refractivity contribution in [3.63, 3.8) is 0 Å². The van der Waals surface area contributed by atoms with E-state index in [1.165, 1.54) is 24.0 Å². The Morgan fingerprint density at radius 2 is 1.73 bits per heavy atom. The van der Waals surface area contributed by atoms with Gasteiger partial charge in [0.1, 0.15) is 6.61 Å². The molecule has 0 bridgehead atoms. The SMILES string of the molecule is O=[N+]([O-])c1cc(C=NOCc2ccc(Cl)cc2Cl)ccc1SCc1ccc(Cl)cc1. The monoisotopic (exact) mass is 480 g/mol. The topological polar surface area (TPSA) is 64.7 Å².